The highest BCUT2D eigenvalue weighted by molar-refractivity contribution is 6.12. The van der Waals surface area contributed by atoms with Gasteiger partial charge in [0.25, 0.3) is 5.91 Å². The number of aromatic nitrogens is 3. The summed E-state index contributed by atoms with van der Waals surface area (Å²) < 4.78 is 0. The highest BCUT2D eigenvalue weighted by Crippen LogP contribution is 2.25. The quantitative estimate of drug-likeness (QED) is 0.477. The van der Waals surface area contributed by atoms with Gasteiger partial charge in [0.1, 0.15) is 11.3 Å². The molecule has 0 bridgehead atoms. The number of benzene rings is 2. The number of rotatable bonds is 5. The maximum absolute atomic E-state index is 13.0. The van der Waals surface area contributed by atoms with Crippen LogP contribution in [0, 0.1) is 6.92 Å². The predicted molar refractivity (Wildman–Crippen MR) is 114 cm³/mol. The SMILES string of the molecule is Cc1cc(C(C)CO)ccc1NC(=O)c1cccc2[nH]c(-c3cccnc3)nc12. The fourth-order valence-corrected chi connectivity index (χ4v) is 3.28. The Kier molecular flexibility index (Phi) is 5.10. The van der Waals surface area contributed by atoms with Crippen molar-refractivity contribution in [3.05, 3.63) is 77.6 Å². The van der Waals surface area contributed by atoms with Gasteiger partial charge in [0.05, 0.1) is 11.1 Å². The number of aryl methyl sites for hydroxylation is 1. The first kappa shape index (κ1) is 18.8. The molecule has 1 amide bonds. The summed E-state index contributed by atoms with van der Waals surface area (Å²) in [6.45, 7) is 4.00. The van der Waals surface area contributed by atoms with E-state index < -0.39 is 0 Å². The number of nitrogens with zero attached hydrogens (tertiary/aromatic N) is 2. The maximum atomic E-state index is 13.0. The van der Waals surface area contributed by atoms with Gasteiger partial charge in [-0.2, -0.15) is 0 Å². The van der Waals surface area contributed by atoms with Crippen molar-refractivity contribution in [3.63, 3.8) is 0 Å². The molecule has 6 nitrogen and oxygen atoms in total. The van der Waals surface area contributed by atoms with Crippen molar-refractivity contribution in [2.45, 2.75) is 19.8 Å². The first-order chi connectivity index (χ1) is 14.1. The summed E-state index contributed by atoms with van der Waals surface area (Å²) in [7, 11) is 0. The van der Waals surface area contributed by atoms with E-state index in [0.29, 0.717) is 16.9 Å². The van der Waals surface area contributed by atoms with Crippen LogP contribution in [0.15, 0.2) is 60.9 Å². The van der Waals surface area contributed by atoms with Gasteiger partial charge in [-0.15, -0.1) is 0 Å². The van der Waals surface area contributed by atoms with Gasteiger partial charge in [0.2, 0.25) is 0 Å². The third kappa shape index (κ3) is 3.75. The number of imidazole rings is 1. The lowest BCUT2D eigenvalue weighted by Gasteiger charge is -2.13. The van der Waals surface area contributed by atoms with E-state index in [1.807, 2.05) is 56.3 Å². The molecule has 146 valence electrons. The smallest absolute Gasteiger partial charge is 0.257 e. The van der Waals surface area contributed by atoms with Crippen LogP contribution in [-0.2, 0) is 0 Å². The van der Waals surface area contributed by atoms with Crippen LogP contribution < -0.4 is 5.32 Å². The molecule has 0 saturated heterocycles. The highest BCUT2D eigenvalue weighted by atomic mass is 16.3. The number of amides is 1. The van der Waals surface area contributed by atoms with Gasteiger partial charge in [-0.1, -0.05) is 25.1 Å². The van der Waals surface area contributed by atoms with Crippen LogP contribution in [-0.4, -0.2) is 32.6 Å². The zero-order valence-electron chi connectivity index (χ0n) is 16.3. The van der Waals surface area contributed by atoms with Gasteiger partial charge < -0.3 is 15.4 Å². The normalized spacial score (nSPS) is 12.1. The molecule has 6 heteroatoms. The number of H-pyrrole nitrogens is 1. The average molecular weight is 386 g/mol. The lowest BCUT2D eigenvalue weighted by molar-refractivity contribution is 0.102. The van der Waals surface area contributed by atoms with E-state index >= 15 is 0 Å². The van der Waals surface area contributed by atoms with E-state index in [4.69, 9.17) is 0 Å². The van der Waals surface area contributed by atoms with E-state index in [0.717, 1.165) is 27.9 Å². The van der Waals surface area contributed by atoms with Crippen molar-refractivity contribution in [3.8, 4) is 11.4 Å². The number of carbonyl (C=O) groups is 1. The minimum Gasteiger partial charge on any atom is -0.396 e. The second-order valence-electron chi connectivity index (χ2n) is 7.14. The topological polar surface area (TPSA) is 90.9 Å². The van der Waals surface area contributed by atoms with Crippen LogP contribution in [0.5, 0.6) is 0 Å². The molecule has 4 aromatic rings. The summed E-state index contributed by atoms with van der Waals surface area (Å²) in [5.41, 5.74) is 5.50. The minimum absolute atomic E-state index is 0.0575. The van der Waals surface area contributed by atoms with E-state index in [1.165, 1.54) is 0 Å². The van der Waals surface area contributed by atoms with Crippen molar-refractivity contribution >= 4 is 22.6 Å². The molecule has 0 spiro atoms. The molecule has 4 rings (SSSR count). The van der Waals surface area contributed by atoms with Crippen LogP contribution in [0.3, 0.4) is 0 Å². The van der Waals surface area contributed by atoms with Crippen LogP contribution in [0.2, 0.25) is 0 Å². The average Bonchev–Trinajstić information content (AvgIpc) is 3.19. The lowest BCUT2D eigenvalue weighted by Crippen LogP contribution is -2.13. The second-order valence-corrected chi connectivity index (χ2v) is 7.14. The Bertz CT molecular complexity index is 1170. The molecule has 0 saturated carbocycles. The number of para-hydroxylation sites is 1. The molecule has 2 heterocycles. The lowest BCUT2D eigenvalue weighted by atomic mass is 9.99. The number of anilines is 1. The molecular formula is C23H22N4O2. The van der Waals surface area contributed by atoms with Crippen molar-refractivity contribution in [2.24, 2.45) is 0 Å². The third-order valence-corrected chi connectivity index (χ3v) is 5.03. The van der Waals surface area contributed by atoms with Crippen molar-refractivity contribution in [1.29, 1.82) is 0 Å². The molecule has 2 aromatic heterocycles. The number of pyridine rings is 1. The zero-order chi connectivity index (χ0) is 20.4. The Hall–Kier alpha value is -3.51. The predicted octanol–water partition coefficient (Wildman–Crippen LogP) is 4.28. The summed E-state index contributed by atoms with van der Waals surface area (Å²) in [6, 6.07) is 15.1. The Morgan fingerprint density at radius 2 is 2.07 bits per heavy atom. The molecule has 0 aliphatic heterocycles. The molecule has 2 aromatic carbocycles. The van der Waals surface area contributed by atoms with Gasteiger partial charge in [0.15, 0.2) is 0 Å². The number of aromatic amines is 1. The zero-order valence-corrected chi connectivity index (χ0v) is 16.3. The van der Waals surface area contributed by atoms with Gasteiger partial charge in [-0.3, -0.25) is 9.78 Å². The molecule has 0 aliphatic carbocycles. The van der Waals surface area contributed by atoms with Gasteiger partial charge in [-0.25, -0.2) is 4.98 Å². The first-order valence-electron chi connectivity index (χ1n) is 9.48. The summed E-state index contributed by atoms with van der Waals surface area (Å²) in [4.78, 5) is 25.0. The Balaban J connectivity index is 1.65. The molecule has 1 unspecified atom stereocenters. The Labute approximate surface area is 168 Å². The number of aliphatic hydroxyl groups excluding tert-OH is 1. The second kappa shape index (κ2) is 7.85. The molecular weight excluding hydrogens is 364 g/mol. The van der Waals surface area contributed by atoms with E-state index in [1.54, 1.807) is 18.5 Å². The number of aliphatic hydroxyl groups is 1. The van der Waals surface area contributed by atoms with Crippen molar-refractivity contribution in [2.75, 3.05) is 11.9 Å². The molecule has 29 heavy (non-hydrogen) atoms. The summed E-state index contributed by atoms with van der Waals surface area (Å²) in [5, 5.41) is 12.3. The van der Waals surface area contributed by atoms with Crippen LogP contribution >= 0.6 is 0 Å². The fourth-order valence-electron chi connectivity index (χ4n) is 3.28. The van der Waals surface area contributed by atoms with E-state index in [-0.39, 0.29) is 18.4 Å². The van der Waals surface area contributed by atoms with Gasteiger partial charge in [0, 0.05) is 36.2 Å². The number of hydrogen-bond acceptors (Lipinski definition) is 4. The molecule has 0 fully saturated rings. The highest BCUT2D eigenvalue weighted by Gasteiger charge is 2.16. The standard InChI is InChI=1S/C23H22N4O2/c1-14-11-16(15(2)13-28)8-9-19(14)26-23(29)18-6-3-7-20-21(18)27-22(25-20)17-5-4-10-24-12-17/h3-12,15,28H,13H2,1-2H3,(H,25,27)(H,26,29). The minimum atomic E-state index is -0.217. The van der Waals surface area contributed by atoms with Crippen LogP contribution in [0.1, 0.15) is 34.3 Å². The van der Waals surface area contributed by atoms with E-state index in [2.05, 4.69) is 20.3 Å². The fraction of sp³-hybridized carbons (Fsp3) is 0.174. The number of hydrogen-bond donors (Lipinski definition) is 3. The summed E-state index contributed by atoms with van der Waals surface area (Å²) in [5.74, 6) is 0.514. The van der Waals surface area contributed by atoms with E-state index in [9.17, 15) is 9.90 Å². The molecule has 3 N–H and O–H groups in total. The summed E-state index contributed by atoms with van der Waals surface area (Å²) in [6.07, 6.45) is 3.44. The van der Waals surface area contributed by atoms with Gasteiger partial charge in [-0.05, 0) is 48.4 Å². The Morgan fingerprint density at radius 1 is 1.21 bits per heavy atom. The Morgan fingerprint density at radius 3 is 2.79 bits per heavy atom. The largest absolute Gasteiger partial charge is 0.396 e. The number of nitrogens with one attached hydrogen (secondary N) is 2. The maximum Gasteiger partial charge on any atom is 0.257 e. The molecule has 1 atom stereocenters. The summed E-state index contributed by atoms with van der Waals surface area (Å²) >= 11 is 0. The number of fused-ring (bicyclic) bond motifs is 1. The van der Waals surface area contributed by atoms with Crippen molar-refractivity contribution in [1.82, 2.24) is 15.0 Å². The van der Waals surface area contributed by atoms with Crippen molar-refractivity contribution < 1.29 is 9.90 Å². The number of carbonyl (C=O) groups excluding carboxylic acids is 1. The van der Waals surface area contributed by atoms with Crippen LogP contribution in [0.25, 0.3) is 22.4 Å². The molecule has 0 radical (unpaired) electrons. The van der Waals surface area contributed by atoms with Gasteiger partial charge >= 0.3 is 0 Å². The van der Waals surface area contributed by atoms with Crippen LogP contribution in [0.4, 0.5) is 5.69 Å². The first-order valence-corrected chi connectivity index (χ1v) is 9.48. The third-order valence-electron chi connectivity index (χ3n) is 5.03. The molecule has 0 aliphatic rings. The monoisotopic (exact) mass is 386 g/mol.